The van der Waals surface area contributed by atoms with Crippen molar-refractivity contribution in [3.8, 4) is 0 Å². The zero-order valence-corrected chi connectivity index (χ0v) is 19.2. The molecule has 1 aliphatic rings. The van der Waals surface area contributed by atoms with Crippen molar-refractivity contribution in [2.75, 3.05) is 6.54 Å². The van der Waals surface area contributed by atoms with Gasteiger partial charge in [-0.2, -0.15) is 5.43 Å². The molecule has 166 valence electrons. The molecule has 6 nitrogen and oxygen atoms in total. The van der Waals surface area contributed by atoms with Crippen LogP contribution < -0.4 is 5.43 Å². The number of carbonyl (C=O) groups is 2. The average Bonchev–Trinajstić information content (AvgIpc) is 2.72. The summed E-state index contributed by atoms with van der Waals surface area (Å²) < 4.78 is 25.7. The van der Waals surface area contributed by atoms with Crippen molar-refractivity contribution in [2.24, 2.45) is 0 Å². The fourth-order valence-corrected chi connectivity index (χ4v) is 6.27. The highest BCUT2D eigenvalue weighted by Crippen LogP contribution is 2.34. The van der Waals surface area contributed by atoms with E-state index in [1.54, 1.807) is 24.3 Å². The van der Waals surface area contributed by atoms with Gasteiger partial charge in [0.05, 0.1) is 5.75 Å². The summed E-state index contributed by atoms with van der Waals surface area (Å²) >= 11 is 5.91. The van der Waals surface area contributed by atoms with Gasteiger partial charge in [0, 0.05) is 11.9 Å². The lowest BCUT2D eigenvalue weighted by molar-refractivity contribution is -0.925. The second kappa shape index (κ2) is 9.94. The molecule has 0 spiro atoms. The van der Waals surface area contributed by atoms with Gasteiger partial charge in [-0.25, -0.2) is 13.2 Å². The van der Waals surface area contributed by atoms with Crippen LogP contribution in [0.4, 0.5) is 0 Å². The summed E-state index contributed by atoms with van der Waals surface area (Å²) in [5, 5.41) is -0.245. The molecule has 2 atom stereocenters. The predicted molar refractivity (Wildman–Crippen MR) is 120 cm³/mol. The normalized spacial score (nSPS) is 20.8. The van der Waals surface area contributed by atoms with Crippen LogP contribution in [-0.4, -0.2) is 36.7 Å². The molecule has 0 aromatic heterocycles. The first-order valence-corrected chi connectivity index (χ1v) is 12.5. The number of sulfone groups is 1. The Morgan fingerprint density at radius 3 is 2.32 bits per heavy atom. The number of nitrogens with zero attached hydrogens (tertiary/aromatic N) is 1. The molecule has 0 aliphatic carbocycles. The minimum absolute atomic E-state index is 0.0692. The number of rotatable bonds is 10. The van der Waals surface area contributed by atoms with Crippen LogP contribution in [0.1, 0.15) is 43.7 Å². The number of carbonyl (C=O) groups excluding carboxylic acids is 2. The standard InChI is InChI=1S/C23H27ClN2O4S/c1-18(27)25-26(15-7-3-6-8-19-11-13-21(24)14-12-19)22(28)16-23(26)31(29,30)17-20-9-4-2-5-10-20/h2,4-5,9-14,23H,3,6-8,15-17H2,1H3/p+1. The van der Waals surface area contributed by atoms with Gasteiger partial charge in [0.25, 0.3) is 5.91 Å². The monoisotopic (exact) mass is 463 g/mol. The molecule has 1 fully saturated rings. The maximum Gasteiger partial charge on any atom is 0.346 e. The van der Waals surface area contributed by atoms with Gasteiger partial charge in [-0.15, -0.1) is 4.59 Å². The number of halogens is 1. The van der Waals surface area contributed by atoms with E-state index in [1.165, 1.54) is 12.5 Å². The van der Waals surface area contributed by atoms with Crippen molar-refractivity contribution in [3.05, 3.63) is 70.7 Å². The van der Waals surface area contributed by atoms with Crippen LogP contribution in [-0.2, 0) is 31.6 Å². The van der Waals surface area contributed by atoms with E-state index >= 15 is 0 Å². The first-order valence-electron chi connectivity index (χ1n) is 10.4. The van der Waals surface area contributed by atoms with Crippen LogP contribution in [0.2, 0.25) is 5.02 Å². The Morgan fingerprint density at radius 2 is 1.71 bits per heavy atom. The van der Waals surface area contributed by atoms with Crippen molar-refractivity contribution < 1.29 is 22.6 Å². The topological polar surface area (TPSA) is 80.3 Å². The Bertz CT molecular complexity index is 1030. The van der Waals surface area contributed by atoms with Crippen LogP contribution in [0.15, 0.2) is 54.6 Å². The summed E-state index contributed by atoms with van der Waals surface area (Å²) in [6.45, 7) is 1.59. The molecule has 2 aromatic rings. The lowest BCUT2D eigenvalue weighted by Gasteiger charge is -2.46. The molecular weight excluding hydrogens is 436 g/mol. The van der Waals surface area contributed by atoms with Crippen molar-refractivity contribution in [1.82, 2.24) is 5.43 Å². The third-order valence-corrected chi connectivity index (χ3v) is 8.00. The molecule has 1 aliphatic heterocycles. The quantitative estimate of drug-likeness (QED) is 0.330. The molecule has 2 aromatic carbocycles. The fraction of sp³-hybridized carbons (Fsp3) is 0.391. The highest BCUT2D eigenvalue weighted by Gasteiger charge is 2.62. The lowest BCUT2D eigenvalue weighted by Crippen LogP contribution is -2.78. The third kappa shape index (κ3) is 5.73. The molecular formula is C23H28ClN2O4S+. The summed E-state index contributed by atoms with van der Waals surface area (Å²) in [5.74, 6) is -0.814. The van der Waals surface area contributed by atoms with Crippen molar-refractivity contribution in [2.45, 2.75) is 50.2 Å². The second-order valence-corrected chi connectivity index (χ2v) is 10.6. The summed E-state index contributed by atoms with van der Waals surface area (Å²) in [5.41, 5.74) is 4.51. The molecule has 3 rings (SSSR count). The average molecular weight is 464 g/mol. The number of hydrogen-bond donors (Lipinski definition) is 1. The zero-order chi connectivity index (χ0) is 22.5. The fourth-order valence-electron chi connectivity index (χ4n) is 4.08. The van der Waals surface area contributed by atoms with Crippen LogP contribution in [0.5, 0.6) is 0 Å². The number of hydrogen-bond acceptors (Lipinski definition) is 4. The van der Waals surface area contributed by atoms with Gasteiger partial charge in [0.15, 0.2) is 0 Å². The maximum atomic E-state index is 13.1. The molecule has 2 amide bonds. The van der Waals surface area contributed by atoms with E-state index < -0.39 is 25.7 Å². The van der Waals surface area contributed by atoms with E-state index in [9.17, 15) is 18.0 Å². The number of nitrogens with one attached hydrogen (secondary N) is 1. The van der Waals surface area contributed by atoms with E-state index in [0.717, 1.165) is 19.3 Å². The van der Waals surface area contributed by atoms with E-state index in [1.807, 2.05) is 30.3 Å². The molecule has 0 bridgehead atoms. The number of aryl methyl sites for hydroxylation is 1. The number of likely N-dealkylation sites (tertiary alicyclic amines) is 1. The first-order chi connectivity index (χ1) is 14.7. The number of benzene rings is 2. The van der Waals surface area contributed by atoms with Crippen LogP contribution in [0, 0.1) is 0 Å². The number of β-lactam (4-membered cyclic amide) rings is 1. The highest BCUT2D eigenvalue weighted by atomic mass is 35.5. The minimum Gasteiger partial charge on any atom is -0.270 e. The molecule has 1 heterocycles. The van der Waals surface area contributed by atoms with E-state index in [4.69, 9.17) is 11.6 Å². The molecule has 0 saturated carbocycles. The Hall–Kier alpha value is -2.22. The number of quaternary nitrogens is 1. The van der Waals surface area contributed by atoms with Gasteiger partial charge in [0.2, 0.25) is 15.2 Å². The number of unbranched alkanes of at least 4 members (excludes halogenated alkanes) is 2. The summed E-state index contributed by atoms with van der Waals surface area (Å²) in [4.78, 5) is 24.4. The zero-order valence-electron chi connectivity index (χ0n) is 17.6. The smallest absolute Gasteiger partial charge is 0.270 e. The third-order valence-electron chi connectivity index (χ3n) is 5.66. The Kier molecular flexibility index (Phi) is 7.51. The largest absolute Gasteiger partial charge is 0.346 e. The second-order valence-electron chi connectivity index (χ2n) is 8.04. The first kappa shape index (κ1) is 23.4. The van der Waals surface area contributed by atoms with E-state index in [0.29, 0.717) is 17.0 Å². The lowest BCUT2D eigenvalue weighted by atomic mass is 10.1. The van der Waals surface area contributed by atoms with Gasteiger partial charge in [-0.1, -0.05) is 54.1 Å². The highest BCUT2D eigenvalue weighted by molar-refractivity contribution is 7.91. The van der Waals surface area contributed by atoms with Gasteiger partial charge in [-0.3, -0.25) is 4.79 Å². The van der Waals surface area contributed by atoms with E-state index in [-0.39, 0.29) is 24.6 Å². The molecule has 1 N–H and O–H groups in total. The Labute approximate surface area is 188 Å². The molecule has 31 heavy (non-hydrogen) atoms. The molecule has 0 radical (unpaired) electrons. The number of amides is 2. The summed E-state index contributed by atoms with van der Waals surface area (Å²) in [6, 6.07) is 16.6. The summed E-state index contributed by atoms with van der Waals surface area (Å²) in [7, 11) is -3.63. The SMILES string of the molecule is CC(=O)N[N+]1(CCCCCc2ccc(Cl)cc2)C(=O)CC1S(=O)(=O)Cc1ccccc1. The molecule has 2 unspecified atom stereocenters. The molecule has 8 heteroatoms. The van der Waals surface area contributed by atoms with Gasteiger partial charge in [-0.05, 0) is 48.9 Å². The summed E-state index contributed by atoms with van der Waals surface area (Å²) in [6.07, 6.45) is 3.16. The Balaban J connectivity index is 1.64. The van der Waals surface area contributed by atoms with Crippen LogP contribution in [0.25, 0.3) is 0 Å². The molecule has 1 saturated heterocycles. The van der Waals surface area contributed by atoms with Crippen molar-refractivity contribution in [3.63, 3.8) is 0 Å². The van der Waals surface area contributed by atoms with Crippen molar-refractivity contribution >= 4 is 33.3 Å². The Morgan fingerprint density at radius 1 is 1.03 bits per heavy atom. The predicted octanol–water partition coefficient (Wildman–Crippen LogP) is 3.79. The maximum absolute atomic E-state index is 13.1. The van der Waals surface area contributed by atoms with E-state index in [2.05, 4.69) is 5.43 Å². The van der Waals surface area contributed by atoms with Gasteiger partial charge < -0.3 is 0 Å². The van der Waals surface area contributed by atoms with Crippen molar-refractivity contribution in [1.29, 1.82) is 0 Å². The van der Waals surface area contributed by atoms with Crippen LogP contribution in [0.3, 0.4) is 0 Å². The minimum atomic E-state index is -3.63. The van der Waals surface area contributed by atoms with Crippen LogP contribution >= 0.6 is 11.6 Å². The van der Waals surface area contributed by atoms with Gasteiger partial charge >= 0.3 is 5.91 Å². The van der Waals surface area contributed by atoms with Gasteiger partial charge in [0.1, 0.15) is 13.0 Å².